The molecule has 3 rings (SSSR count). The second kappa shape index (κ2) is 6.80. The number of nitrogens with zero attached hydrogens (tertiary/aromatic N) is 1. The van der Waals surface area contributed by atoms with Crippen molar-refractivity contribution in [3.05, 3.63) is 44.5 Å². The molecule has 0 fully saturated rings. The Morgan fingerprint density at radius 2 is 2.00 bits per heavy atom. The molecule has 2 aromatic heterocycles. The first-order chi connectivity index (χ1) is 11.1. The van der Waals surface area contributed by atoms with Crippen LogP contribution in [0, 0.1) is 0 Å². The minimum atomic E-state index is -0.480. The van der Waals surface area contributed by atoms with Crippen molar-refractivity contribution in [3.63, 3.8) is 0 Å². The average Bonchev–Trinajstić information content (AvgIpc) is 2.69. The summed E-state index contributed by atoms with van der Waals surface area (Å²) in [6.45, 7) is 0. The molecule has 0 aliphatic heterocycles. The fraction of sp³-hybridized carbons (Fsp3) is 0.312. The number of nitrogens with two attached hydrogens (primary N) is 1. The lowest BCUT2D eigenvalue weighted by molar-refractivity contribution is 0.100. The Morgan fingerprint density at radius 3 is 2.74 bits per heavy atom. The number of anilines is 1. The van der Waals surface area contributed by atoms with Gasteiger partial charge in [0.25, 0.3) is 11.8 Å². The zero-order valence-corrected chi connectivity index (χ0v) is 14.8. The van der Waals surface area contributed by atoms with Gasteiger partial charge in [0.05, 0.1) is 11.1 Å². The van der Waals surface area contributed by atoms with Crippen molar-refractivity contribution in [1.82, 2.24) is 4.98 Å². The molecule has 2 amide bonds. The molecule has 23 heavy (non-hydrogen) atoms. The Bertz CT molecular complexity index is 773. The van der Waals surface area contributed by atoms with Gasteiger partial charge in [0, 0.05) is 21.7 Å². The lowest BCUT2D eigenvalue weighted by Crippen LogP contribution is -2.18. The topological polar surface area (TPSA) is 85.1 Å². The minimum Gasteiger partial charge on any atom is -0.365 e. The molecule has 0 saturated heterocycles. The number of fused-ring (bicyclic) bond motifs is 1. The molecular weight excluding hydrogens is 378 g/mol. The fourth-order valence-electron chi connectivity index (χ4n) is 2.80. The fourth-order valence-corrected chi connectivity index (χ4v) is 4.46. The summed E-state index contributed by atoms with van der Waals surface area (Å²) in [5, 5.41) is 3.38. The summed E-state index contributed by atoms with van der Waals surface area (Å²) in [4.78, 5) is 29.5. The SMILES string of the molecule is NC(=O)c1c(NC(=O)c2cncc(Br)c2)sc2c1CCCCC2. The molecule has 0 aromatic carbocycles. The number of aromatic nitrogens is 1. The first kappa shape index (κ1) is 16.1. The molecule has 0 radical (unpaired) electrons. The molecule has 2 heterocycles. The van der Waals surface area contributed by atoms with Gasteiger partial charge in [0.15, 0.2) is 0 Å². The summed E-state index contributed by atoms with van der Waals surface area (Å²) in [6.07, 6.45) is 8.20. The van der Waals surface area contributed by atoms with Crippen LogP contribution in [-0.4, -0.2) is 16.8 Å². The Morgan fingerprint density at radius 1 is 1.22 bits per heavy atom. The van der Waals surface area contributed by atoms with Crippen molar-refractivity contribution in [3.8, 4) is 0 Å². The summed E-state index contributed by atoms with van der Waals surface area (Å²) in [5.74, 6) is -0.773. The molecule has 1 aliphatic rings. The maximum Gasteiger partial charge on any atom is 0.257 e. The second-order valence-electron chi connectivity index (χ2n) is 5.48. The smallest absolute Gasteiger partial charge is 0.257 e. The lowest BCUT2D eigenvalue weighted by Gasteiger charge is -2.06. The summed E-state index contributed by atoms with van der Waals surface area (Å²) >= 11 is 4.76. The molecule has 0 unspecified atom stereocenters. The zero-order valence-electron chi connectivity index (χ0n) is 12.4. The summed E-state index contributed by atoms with van der Waals surface area (Å²) in [7, 11) is 0. The number of primary amides is 1. The number of carbonyl (C=O) groups is 2. The van der Waals surface area contributed by atoms with E-state index in [0.29, 0.717) is 16.1 Å². The molecule has 0 bridgehead atoms. The number of carbonyl (C=O) groups excluding carboxylic acids is 2. The van der Waals surface area contributed by atoms with Crippen molar-refractivity contribution in [2.24, 2.45) is 5.73 Å². The van der Waals surface area contributed by atoms with Crippen LogP contribution in [-0.2, 0) is 12.8 Å². The van der Waals surface area contributed by atoms with Crippen LogP contribution >= 0.6 is 27.3 Å². The second-order valence-corrected chi connectivity index (χ2v) is 7.50. The van der Waals surface area contributed by atoms with Gasteiger partial charge >= 0.3 is 0 Å². The average molecular weight is 394 g/mol. The minimum absolute atomic E-state index is 0.294. The van der Waals surface area contributed by atoms with Crippen LogP contribution in [0.25, 0.3) is 0 Å². The predicted octanol–water partition coefficient (Wildman–Crippen LogP) is 3.53. The molecule has 0 saturated carbocycles. The Kier molecular flexibility index (Phi) is 4.77. The highest BCUT2D eigenvalue weighted by atomic mass is 79.9. The number of hydrogen-bond donors (Lipinski definition) is 2. The van der Waals surface area contributed by atoms with E-state index in [-0.39, 0.29) is 5.91 Å². The lowest BCUT2D eigenvalue weighted by atomic mass is 10.1. The normalized spacial score (nSPS) is 14.0. The van der Waals surface area contributed by atoms with Crippen molar-refractivity contribution in [2.45, 2.75) is 32.1 Å². The van der Waals surface area contributed by atoms with Gasteiger partial charge in [-0.2, -0.15) is 0 Å². The number of hydrogen-bond acceptors (Lipinski definition) is 4. The van der Waals surface area contributed by atoms with Gasteiger partial charge in [-0.3, -0.25) is 14.6 Å². The van der Waals surface area contributed by atoms with Crippen molar-refractivity contribution in [2.75, 3.05) is 5.32 Å². The van der Waals surface area contributed by atoms with Gasteiger partial charge in [0.2, 0.25) is 0 Å². The number of nitrogens with one attached hydrogen (secondary N) is 1. The number of amides is 2. The molecule has 3 N–H and O–H groups in total. The molecule has 0 spiro atoms. The summed E-state index contributed by atoms with van der Waals surface area (Å²) in [6, 6.07) is 1.69. The van der Waals surface area contributed by atoms with E-state index in [4.69, 9.17) is 5.73 Å². The van der Waals surface area contributed by atoms with Gasteiger partial charge < -0.3 is 11.1 Å². The zero-order chi connectivity index (χ0) is 16.4. The number of pyridine rings is 1. The Labute approximate surface area is 146 Å². The van der Waals surface area contributed by atoms with Crippen molar-refractivity contribution < 1.29 is 9.59 Å². The van der Waals surface area contributed by atoms with E-state index in [9.17, 15) is 9.59 Å². The van der Waals surface area contributed by atoms with Gasteiger partial charge in [-0.05, 0) is 53.2 Å². The van der Waals surface area contributed by atoms with E-state index < -0.39 is 5.91 Å². The van der Waals surface area contributed by atoms with Crippen LogP contribution in [0.5, 0.6) is 0 Å². The van der Waals surface area contributed by atoms with Crippen molar-refractivity contribution >= 4 is 44.1 Å². The van der Waals surface area contributed by atoms with Crippen LogP contribution < -0.4 is 11.1 Å². The highest BCUT2D eigenvalue weighted by molar-refractivity contribution is 9.10. The quantitative estimate of drug-likeness (QED) is 0.782. The molecule has 7 heteroatoms. The van der Waals surface area contributed by atoms with E-state index in [1.807, 2.05) is 0 Å². The van der Waals surface area contributed by atoms with Crippen LogP contribution in [0.15, 0.2) is 22.9 Å². The Hall–Kier alpha value is -1.73. The van der Waals surface area contributed by atoms with E-state index >= 15 is 0 Å². The van der Waals surface area contributed by atoms with Gasteiger partial charge in [-0.1, -0.05) is 6.42 Å². The molecular formula is C16H16BrN3O2S. The number of thiophene rings is 1. The van der Waals surface area contributed by atoms with Crippen LogP contribution in [0.4, 0.5) is 5.00 Å². The van der Waals surface area contributed by atoms with Gasteiger partial charge in [0.1, 0.15) is 5.00 Å². The monoisotopic (exact) mass is 393 g/mol. The number of aryl methyl sites for hydroxylation is 1. The predicted molar refractivity (Wildman–Crippen MR) is 94.0 cm³/mol. The third-order valence-electron chi connectivity index (χ3n) is 3.86. The van der Waals surface area contributed by atoms with E-state index in [0.717, 1.165) is 42.1 Å². The third-order valence-corrected chi connectivity index (χ3v) is 5.50. The maximum absolute atomic E-state index is 12.4. The largest absolute Gasteiger partial charge is 0.365 e. The highest BCUT2D eigenvalue weighted by Gasteiger charge is 2.24. The van der Waals surface area contributed by atoms with E-state index in [1.54, 1.807) is 12.3 Å². The highest BCUT2D eigenvalue weighted by Crippen LogP contribution is 2.37. The summed E-state index contributed by atoms with van der Waals surface area (Å²) in [5.41, 5.74) is 7.49. The number of halogens is 1. The Balaban J connectivity index is 1.93. The molecule has 2 aromatic rings. The van der Waals surface area contributed by atoms with Gasteiger partial charge in [-0.25, -0.2) is 0 Å². The van der Waals surface area contributed by atoms with Crippen LogP contribution in [0.3, 0.4) is 0 Å². The number of rotatable bonds is 3. The van der Waals surface area contributed by atoms with E-state index in [2.05, 4.69) is 26.2 Å². The first-order valence-corrected chi connectivity index (χ1v) is 9.03. The molecule has 0 atom stereocenters. The standard InChI is InChI=1S/C16H16BrN3O2S/c17-10-6-9(7-19-8-10)15(22)20-16-13(14(18)21)11-4-2-1-3-5-12(11)23-16/h6-8H,1-5H2,(H2,18,21)(H,20,22). The third kappa shape index (κ3) is 3.45. The van der Waals surface area contributed by atoms with Crippen LogP contribution in [0.1, 0.15) is 50.4 Å². The van der Waals surface area contributed by atoms with Crippen LogP contribution in [0.2, 0.25) is 0 Å². The maximum atomic E-state index is 12.4. The first-order valence-electron chi connectivity index (χ1n) is 7.42. The molecule has 5 nitrogen and oxygen atoms in total. The molecule has 120 valence electrons. The molecule has 1 aliphatic carbocycles. The van der Waals surface area contributed by atoms with Gasteiger partial charge in [-0.15, -0.1) is 11.3 Å². The van der Waals surface area contributed by atoms with Crippen molar-refractivity contribution in [1.29, 1.82) is 0 Å². The van der Waals surface area contributed by atoms with E-state index in [1.165, 1.54) is 22.4 Å². The summed E-state index contributed by atoms with van der Waals surface area (Å²) < 4.78 is 0.724.